The molecule has 6 heterocycles. The van der Waals surface area contributed by atoms with E-state index in [0.29, 0.717) is 66.0 Å². The van der Waals surface area contributed by atoms with Crippen LogP contribution in [0.4, 0.5) is 24.9 Å². The smallest absolute Gasteiger partial charge is 0.422 e. The number of carbonyl (C=O) groups excluding carboxylic acids is 1. The van der Waals surface area contributed by atoms with Crippen LogP contribution in [0.1, 0.15) is 42.4 Å². The fourth-order valence-electron chi connectivity index (χ4n) is 8.49. The molecule has 4 aromatic rings. The van der Waals surface area contributed by atoms with Crippen molar-refractivity contribution in [2.45, 2.75) is 51.7 Å². The summed E-state index contributed by atoms with van der Waals surface area (Å²) < 4.78 is 47.9. The van der Waals surface area contributed by atoms with E-state index in [-0.39, 0.29) is 17.1 Å². The second-order valence-electron chi connectivity index (χ2n) is 14.7. The van der Waals surface area contributed by atoms with E-state index in [1.165, 1.54) is 18.9 Å². The van der Waals surface area contributed by atoms with E-state index >= 15 is 0 Å². The SMILES string of the molecule is C=CC(=O)N1CC2(CCN(c3nc(N4CC(N5CCCC5)C4)nc4c(OCC(F)(F)F)c(-c5c(C)c(C)cc6[nH]ncc56)c(C=C)cc34)CC2)C1. The van der Waals surface area contributed by atoms with Crippen LogP contribution in [0.2, 0.25) is 0 Å². The van der Waals surface area contributed by atoms with Gasteiger partial charge >= 0.3 is 6.18 Å². The number of likely N-dealkylation sites (tertiary alicyclic amines) is 2. The molecule has 1 amide bonds. The van der Waals surface area contributed by atoms with Gasteiger partial charge in [0, 0.05) is 72.6 Å². The van der Waals surface area contributed by atoms with Gasteiger partial charge in [-0.25, -0.2) is 4.98 Å². The number of hydrogen-bond donors (Lipinski definition) is 1. The zero-order valence-electron chi connectivity index (χ0n) is 29.2. The second kappa shape index (κ2) is 12.5. The summed E-state index contributed by atoms with van der Waals surface area (Å²) in [6, 6.07) is 4.34. The lowest BCUT2D eigenvalue weighted by molar-refractivity contribution is -0.153. The van der Waals surface area contributed by atoms with Gasteiger partial charge in [0.2, 0.25) is 11.9 Å². The van der Waals surface area contributed by atoms with Crippen LogP contribution in [0, 0.1) is 19.3 Å². The summed E-state index contributed by atoms with van der Waals surface area (Å²) in [6.07, 6.45) is 4.26. The van der Waals surface area contributed by atoms with Crippen LogP contribution in [0.15, 0.2) is 37.6 Å². The van der Waals surface area contributed by atoms with E-state index in [2.05, 4.69) is 38.1 Å². The number of nitrogens with zero attached hydrogens (tertiary/aromatic N) is 7. The lowest BCUT2D eigenvalue weighted by Gasteiger charge is -2.54. The van der Waals surface area contributed by atoms with Gasteiger partial charge in [-0.15, -0.1) is 0 Å². The molecule has 13 heteroatoms. The molecule has 51 heavy (non-hydrogen) atoms. The Labute approximate surface area is 294 Å². The molecule has 4 fully saturated rings. The molecule has 8 rings (SSSR count). The van der Waals surface area contributed by atoms with E-state index < -0.39 is 12.8 Å². The number of amides is 1. The number of aromatic amines is 1. The minimum absolute atomic E-state index is 0.0420. The number of piperidine rings is 1. The van der Waals surface area contributed by atoms with E-state index in [0.717, 1.165) is 66.6 Å². The quantitative estimate of drug-likeness (QED) is 0.215. The summed E-state index contributed by atoms with van der Waals surface area (Å²) in [5.41, 5.74) is 4.88. The van der Waals surface area contributed by atoms with E-state index in [1.807, 2.05) is 30.9 Å². The Morgan fingerprint density at radius 3 is 2.41 bits per heavy atom. The fourth-order valence-corrected chi connectivity index (χ4v) is 8.49. The first kappa shape index (κ1) is 33.5. The summed E-state index contributed by atoms with van der Waals surface area (Å²) in [6.45, 7) is 16.6. The highest BCUT2D eigenvalue weighted by atomic mass is 19.4. The van der Waals surface area contributed by atoms with Gasteiger partial charge in [-0.3, -0.25) is 14.8 Å². The van der Waals surface area contributed by atoms with Gasteiger partial charge in [0.05, 0.1) is 11.7 Å². The average Bonchev–Trinajstić information content (AvgIpc) is 3.78. The Hall–Kier alpha value is -4.65. The molecule has 0 radical (unpaired) electrons. The summed E-state index contributed by atoms with van der Waals surface area (Å²) >= 11 is 0. The molecule has 0 unspecified atom stereocenters. The summed E-state index contributed by atoms with van der Waals surface area (Å²) in [5, 5.41) is 8.69. The molecule has 10 nitrogen and oxygen atoms in total. The third-order valence-corrected chi connectivity index (χ3v) is 11.5. The predicted molar refractivity (Wildman–Crippen MR) is 193 cm³/mol. The van der Waals surface area contributed by atoms with Crippen molar-refractivity contribution in [1.82, 2.24) is 30.0 Å². The minimum Gasteiger partial charge on any atom is -0.481 e. The molecule has 268 valence electrons. The molecule has 2 aromatic heterocycles. The third kappa shape index (κ3) is 5.88. The molecule has 4 aliphatic rings. The van der Waals surface area contributed by atoms with Crippen molar-refractivity contribution in [3.63, 3.8) is 0 Å². The monoisotopic (exact) mass is 700 g/mol. The highest BCUT2D eigenvalue weighted by molar-refractivity contribution is 6.07. The number of nitrogens with one attached hydrogen (secondary N) is 1. The van der Waals surface area contributed by atoms with E-state index in [4.69, 9.17) is 14.7 Å². The van der Waals surface area contributed by atoms with Crippen LogP contribution in [-0.2, 0) is 4.79 Å². The number of aryl methyl sites for hydroxylation is 1. The average molecular weight is 701 g/mol. The van der Waals surface area contributed by atoms with Gasteiger partial charge in [-0.1, -0.05) is 19.2 Å². The summed E-state index contributed by atoms with van der Waals surface area (Å²) in [7, 11) is 0. The van der Waals surface area contributed by atoms with Crippen molar-refractivity contribution in [2.75, 3.05) is 68.8 Å². The number of aromatic nitrogens is 4. The highest BCUT2D eigenvalue weighted by Crippen LogP contribution is 2.48. The molecule has 1 spiro atoms. The van der Waals surface area contributed by atoms with Crippen LogP contribution in [-0.4, -0.2) is 107 Å². The van der Waals surface area contributed by atoms with Crippen molar-refractivity contribution in [2.24, 2.45) is 5.41 Å². The lowest BCUT2D eigenvalue weighted by Crippen LogP contribution is -2.61. The lowest BCUT2D eigenvalue weighted by atomic mass is 9.72. The molecule has 4 aliphatic heterocycles. The maximum Gasteiger partial charge on any atom is 0.422 e. The molecular formula is C38H43F3N8O2. The largest absolute Gasteiger partial charge is 0.481 e. The molecule has 0 saturated carbocycles. The van der Waals surface area contributed by atoms with Gasteiger partial charge < -0.3 is 19.4 Å². The summed E-state index contributed by atoms with van der Waals surface area (Å²) in [4.78, 5) is 31.1. The topological polar surface area (TPSA) is 93.7 Å². The van der Waals surface area contributed by atoms with E-state index in [9.17, 15) is 18.0 Å². The first-order chi connectivity index (χ1) is 24.5. The zero-order valence-corrected chi connectivity index (χ0v) is 29.2. The second-order valence-corrected chi connectivity index (χ2v) is 14.7. The van der Waals surface area contributed by atoms with Crippen LogP contribution in [0.25, 0.3) is 39.0 Å². The molecule has 0 aliphatic carbocycles. The zero-order chi connectivity index (χ0) is 35.7. The molecule has 0 bridgehead atoms. The number of anilines is 2. The first-order valence-corrected chi connectivity index (χ1v) is 17.8. The number of benzene rings is 2. The predicted octanol–water partition coefficient (Wildman–Crippen LogP) is 6.27. The van der Waals surface area contributed by atoms with Crippen LogP contribution < -0.4 is 14.5 Å². The Kier molecular flexibility index (Phi) is 8.23. The van der Waals surface area contributed by atoms with Crippen molar-refractivity contribution >= 4 is 45.6 Å². The molecule has 2 aromatic carbocycles. The molecule has 0 atom stereocenters. The number of hydrogen-bond acceptors (Lipinski definition) is 8. The van der Waals surface area contributed by atoms with Gasteiger partial charge in [0.1, 0.15) is 11.3 Å². The van der Waals surface area contributed by atoms with Gasteiger partial charge in [0.25, 0.3) is 0 Å². The molecular weight excluding hydrogens is 657 g/mol. The normalized spacial score (nSPS) is 19.5. The van der Waals surface area contributed by atoms with Crippen LogP contribution in [0.3, 0.4) is 0 Å². The van der Waals surface area contributed by atoms with Crippen molar-refractivity contribution in [3.8, 4) is 16.9 Å². The third-order valence-electron chi connectivity index (χ3n) is 11.5. The number of alkyl halides is 3. The number of halogens is 3. The van der Waals surface area contributed by atoms with Crippen molar-refractivity contribution in [1.29, 1.82) is 0 Å². The summed E-state index contributed by atoms with van der Waals surface area (Å²) in [5.74, 6) is 1.17. The van der Waals surface area contributed by atoms with Crippen LogP contribution in [0.5, 0.6) is 5.75 Å². The Balaban J connectivity index is 1.28. The molecule has 4 saturated heterocycles. The Morgan fingerprint density at radius 1 is 1.02 bits per heavy atom. The molecule has 1 N–H and O–H groups in total. The van der Waals surface area contributed by atoms with Crippen molar-refractivity contribution in [3.05, 3.63) is 54.3 Å². The van der Waals surface area contributed by atoms with Crippen LogP contribution >= 0.6 is 0 Å². The maximum atomic E-state index is 14.0. The maximum absolute atomic E-state index is 14.0. The number of ether oxygens (including phenoxy) is 1. The van der Waals surface area contributed by atoms with Gasteiger partial charge in [-0.05, 0) is 87.5 Å². The van der Waals surface area contributed by atoms with Gasteiger partial charge in [-0.2, -0.15) is 23.3 Å². The van der Waals surface area contributed by atoms with Gasteiger partial charge in [0.15, 0.2) is 12.4 Å². The number of carbonyl (C=O) groups is 1. The number of rotatable bonds is 8. The highest BCUT2D eigenvalue weighted by Gasteiger charge is 2.47. The minimum atomic E-state index is -4.58. The van der Waals surface area contributed by atoms with E-state index in [1.54, 1.807) is 12.3 Å². The van der Waals surface area contributed by atoms with Crippen molar-refractivity contribution < 1.29 is 22.7 Å². The number of fused-ring (bicyclic) bond motifs is 2. The fraction of sp³-hybridized carbons (Fsp3) is 0.474. The Bertz CT molecular complexity index is 2030. The number of H-pyrrole nitrogens is 1. The standard InChI is InChI=1S/C38H43F3N8O2/c1-5-25-16-27-33(34(51-22-38(39,40)41)32(25)31-24(4)23(3)15-29-28(31)17-42-45-29)43-36(48-18-26(19-48)46-11-7-8-12-46)44-35(27)47-13-9-37(10-14-47)20-49(21-37)30(50)6-2/h5-6,15-17,26H,1-2,7-14,18-22H2,3-4H3,(H,42,45). The first-order valence-electron chi connectivity index (χ1n) is 17.8. The Morgan fingerprint density at radius 2 is 1.75 bits per heavy atom.